The number of rotatable bonds is 8. The number of anilines is 2. The maximum absolute atomic E-state index is 13.1. The van der Waals surface area contributed by atoms with E-state index in [1.165, 1.54) is 6.20 Å². The number of alkyl halides is 1. The van der Waals surface area contributed by atoms with Gasteiger partial charge in [0.2, 0.25) is 0 Å². The number of benzene rings is 2. The van der Waals surface area contributed by atoms with E-state index in [9.17, 15) is 23.9 Å². The van der Waals surface area contributed by atoms with Crippen molar-refractivity contribution in [2.75, 3.05) is 23.5 Å². The molecule has 10 nitrogen and oxygen atoms in total. The number of carboxylic acids is 1. The van der Waals surface area contributed by atoms with Gasteiger partial charge in [0.05, 0.1) is 0 Å². The fourth-order valence-electron chi connectivity index (χ4n) is 3.85. The lowest BCUT2D eigenvalue weighted by Crippen LogP contribution is -2.44. The lowest BCUT2D eigenvalue weighted by molar-refractivity contribution is -0.138. The summed E-state index contributed by atoms with van der Waals surface area (Å²) in [5.41, 5.74) is -0.171. The van der Waals surface area contributed by atoms with Gasteiger partial charge in [0.15, 0.2) is 11.9 Å². The van der Waals surface area contributed by atoms with Gasteiger partial charge in [-0.25, -0.2) is 23.8 Å². The molecule has 2 aromatic carbocycles. The molecular weight excluding hydrogens is 533 g/mol. The van der Waals surface area contributed by atoms with E-state index in [-0.39, 0.29) is 12.4 Å². The summed E-state index contributed by atoms with van der Waals surface area (Å²) in [7, 11) is 0. The highest BCUT2D eigenvalue weighted by atomic mass is 19.1. The molecule has 0 spiro atoms. The van der Waals surface area contributed by atoms with E-state index in [4.69, 9.17) is 14.2 Å². The van der Waals surface area contributed by atoms with Crippen molar-refractivity contribution in [3.63, 3.8) is 0 Å². The molecule has 0 saturated carbocycles. The Morgan fingerprint density at radius 3 is 2.17 bits per heavy atom. The highest BCUT2D eigenvalue weighted by Gasteiger charge is 2.34. The zero-order chi connectivity index (χ0) is 30.5. The van der Waals surface area contributed by atoms with Gasteiger partial charge < -0.3 is 24.6 Å². The number of fused-ring (bicyclic) bond motifs is 1. The maximum atomic E-state index is 13.1. The number of pyridine rings is 1. The number of aryl methyl sites for hydroxylation is 1. The van der Waals surface area contributed by atoms with E-state index in [0.29, 0.717) is 27.8 Å². The number of imide groups is 1. The van der Waals surface area contributed by atoms with E-state index < -0.39 is 42.1 Å². The van der Waals surface area contributed by atoms with Gasteiger partial charge in [-0.2, -0.15) is 4.90 Å². The second-order valence-electron chi connectivity index (χ2n) is 11.3. The Hall–Kier alpha value is -4.41. The number of aromatic nitrogens is 1. The Kier molecular flexibility index (Phi) is 9.42. The number of nitrogens with one attached hydrogen (secondary N) is 1. The van der Waals surface area contributed by atoms with Crippen LogP contribution in [0.5, 0.6) is 5.75 Å². The van der Waals surface area contributed by atoms with Crippen LogP contribution in [0.3, 0.4) is 0 Å². The van der Waals surface area contributed by atoms with Crippen molar-refractivity contribution >= 4 is 40.4 Å². The molecule has 41 heavy (non-hydrogen) atoms. The summed E-state index contributed by atoms with van der Waals surface area (Å²) in [5, 5.41) is 14.0. The number of nitrogens with zero attached hydrogens (tertiary/aromatic N) is 2. The highest BCUT2D eigenvalue weighted by molar-refractivity contribution is 6.14. The van der Waals surface area contributed by atoms with Crippen molar-refractivity contribution < 1.29 is 38.1 Å². The van der Waals surface area contributed by atoms with Gasteiger partial charge in [0.1, 0.15) is 30.2 Å². The van der Waals surface area contributed by atoms with Crippen molar-refractivity contribution in [1.29, 1.82) is 0 Å². The number of amides is 2. The molecule has 1 atom stereocenters. The van der Waals surface area contributed by atoms with Gasteiger partial charge in [-0.3, -0.25) is 0 Å². The average molecular weight is 570 g/mol. The van der Waals surface area contributed by atoms with E-state index in [2.05, 4.69) is 10.3 Å². The fourth-order valence-corrected chi connectivity index (χ4v) is 3.85. The van der Waals surface area contributed by atoms with Gasteiger partial charge in [0.25, 0.3) is 0 Å². The molecule has 2 amide bonds. The van der Waals surface area contributed by atoms with Crippen LogP contribution in [0, 0.1) is 6.92 Å². The summed E-state index contributed by atoms with van der Waals surface area (Å²) < 4.78 is 29.0. The SMILES string of the molecule is Cc1ccc(C(Nc2ccc3c(N(C(=O)OC(C)(C)C)C(=O)OC(C)(C)C)nccc3c2)C(=O)O)cc1OCCF. The summed E-state index contributed by atoms with van der Waals surface area (Å²) in [4.78, 5) is 43.5. The average Bonchev–Trinajstić information content (AvgIpc) is 2.84. The maximum Gasteiger partial charge on any atom is 0.425 e. The number of hydrogen-bond donors (Lipinski definition) is 2. The molecule has 1 aromatic heterocycles. The standard InChI is InChI=1S/C30H36FN3O7/c1-18-8-9-20(17-23(18)39-15-13-31)24(26(35)36)33-21-10-11-22-19(16-21)12-14-32-25(22)34(27(37)40-29(2,3)4)28(38)41-30(5,6)7/h8-12,14,16-17,24,33H,13,15H2,1-7H3,(H,35,36). The van der Waals surface area contributed by atoms with E-state index >= 15 is 0 Å². The van der Waals surface area contributed by atoms with Crippen molar-refractivity contribution in [2.24, 2.45) is 0 Å². The predicted molar refractivity (Wildman–Crippen MR) is 153 cm³/mol. The number of aliphatic carboxylic acids is 1. The van der Waals surface area contributed by atoms with Crippen molar-refractivity contribution in [2.45, 2.75) is 65.7 Å². The second-order valence-corrected chi connectivity index (χ2v) is 11.3. The first-order valence-corrected chi connectivity index (χ1v) is 13.0. The first kappa shape index (κ1) is 31.1. The Labute approximate surface area is 238 Å². The lowest BCUT2D eigenvalue weighted by Gasteiger charge is -2.28. The van der Waals surface area contributed by atoms with Gasteiger partial charge in [0, 0.05) is 17.3 Å². The minimum Gasteiger partial charge on any atom is -0.491 e. The predicted octanol–water partition coefficient (Wildman–Crippen LogP) is 6.81. The molecule has 1 unspecified atom stereocenters. The number of hydrogen-bond acceptors (Lipinski definition) is 8. The molecule has 1 heterocycles. The number of carbonyl (C=O) groups excluding carboxylic acids is 2. The Balaban J connectivity index is 2.01. The molecule has 0 fully saturated rings. The Bertz CT molecular complexity index is 1400. The molecule has 0 bridgehead atoms. The number of halogens is 1. The van der Waals surface area contributed by atoms with Gasteiger partial charge in [-0.05, 0) is 95.3 Å². The normalized spacial score (nSPS) is 12.4. The number of carboxylic acid groups (broad SMARTS) is 1. The van der Waals surface area contributed by atoms with Crippen LogP contribution >= 0.6 is 0 Å². The summed E-state index contributed by atoms with van der Waals surface area (Å²) >= 11 is 0. The topological polar surface area (TPSA) is 127 Å². The minimum absolute atomic E-state index is 0.000484. The third kappa shape index (κ3) is 8.29. The van der Waals surface area contributed by atoms with Crippen LogP contribution in [0.25, 0.3) is 10.8 Å². The molecule has 0 radical (unpaired) electrons. The lowest BCUT2D eigenvalue weighted by atomic mass is 10.0. The van der Waals surface area contributed by atoms with Gasteiger partial charge in [-0.1, -0.05) is 12.1 Å². The summed E-state index contributed by atoms with van der Waals surface area (Å²) in [6.45, 7) is 11.0. The summed E-state index contributed by atoms with van der Waals surface area (Å²) in [5.74, 6) is -0.742. The van der Waals surface area contributed by atoms with Crippen LogP contribution in [0.1, 0.15) is 58.7 Å². The van der Waals surface area contributed by atoms with Crippen molar-refractivity contribution in [1.82, 2.24) is 4.98 Å². The fraction of sp³-hybridized carbons (Fsp3) is 0.400. The molecule has 3 rings (SSSR count). The first-order chi connectivity index (χ1) is 19.1. The van der Waals surface area contributed by atoms with Crippen molar-refractivity contribution in [3.8, 4) is 5.75 Å². The first-order valence-electron chi connectivity index (χ1n) is 13.0. The molecule has 0 aliphatic heterocycles. The third-order valence-corrected chi connectivity index (χ3v) is 5.55. The van der Waals surface area contributed by atoms with Crippen molar-refractivity contribution in [3.05, 3.63) is 59.8 Å². The molecule has 0 saturated heterocycles. The van der Waals surface area contributed by atoms with E-state index in [1.807, 2.05) is 0 Å². The quantitative estimate of drug-likeness (QED) is 0.301. The molecular formula is C30H36FN3O7. The summed E-state index contributed by atoms with van der Waals surface area (Å²) in [6.07, 6.45) is -0.484. The highest BCUT2D eigenvalue weighted by Crippen LogP contribution is 2.32. The molecule has 220 valence electrons. The zero-order valence-corrected chi connectivity index (χ0v) is 24.3. The number of ether oxygens (including phenoxy) is 3. The molecule has 3 aromatic rings. The second kappa shape index (κ2) is 12.4. The smallest absolute Gasteiger partial charge is 0.425 e. The van der Waals surface area contributed by atoms with Crippen LogP contribution in [0.15, 0.2) is 48.7 Å². The summed E-state index contributed by atoms with van der Waals surface area (Å²) in [6, 6.07) is 10.4. The molecule has 0 aliphatic carbocycles. The molecule has 0 aliphatic rings. The van der Waals surface area contributed by atoms with Crippen LogP contribution in [0.4, 0.5) is 25.5 Å². The van der Waals surface area contributed by atoms with E-state index in [0.717, 1.165) is 10.5 Å². The van der Waals surface area contributed by atoms with Crippen LogP contribution in [0.2, 0.25) is 0 Å². The number of carbonyl (C=O) groups is 3. The van der Waals surface area contributed by atoms with E-state index in [1.54, 1.807) is 90.9 Å². The molecule has 2 N–H and O–H groups in total. The molecule has 11 heteroatoms. The largest absolute Gasteiger partial charge is 0.491 e. The monoisotopic (exact) mass is 569 g/mol. The van der Waals surface area contributed by atoms with Crippen LogP contribution in [-0.4, -0.2) is 52.7 Å². The Morgan fingerprint density at radius 2 is 1.61 bits per heavy atom. The van der Waals surface area contributed by atoms with Gasteiger partial charge in [-0.15, -0.1) is 0 Å². The van der Waals surface area contributed by atoms with Crippen LogP contribution in [-0.2, 0) is 14.3 Å². The third-order valence-electron chi connectivity index (χ3n) is 5.55. The van der Waals surface area contributed by atoms with Gasteiger partial charge >= 0.3 is 18.2 Å². The van der Waals surface area contributed by atoms with Crippen LogP contribution < -0.4 is 15.0 Å². The minimum atomic E-state index is -1.15. The Morgan fingerprint density at radius 1 is 0.976 bits per heavy atom. The zero-order valence-electron chi connectivity index (χ0n) is 24.3.